The number of hydrogen-bond donors (Lipinski definition) is 2. The van der Waals surface area contributed by atoms with Crippen molar-refractivity contribution in [3.8, 4) is 0 Å². The van der Waals surface area contributed by atoms with Gasteiger partial charge in [0.15, 0.2) is 0 Å². The van der Waals surface area contributed by atoms with Crippen molar-refractivity contribution < 1.29 is 14.7 Å². The monoisotopic (exact) mass is 376 g/mol. The van der Waals surface area contributed by atoms with E-state index < -0.39 is 12.0 Å². The van der Waals surface area contributed by atoms with Gasteiger partial charge in [-0.25, -0.2) is 0 Å². The van der Waals surface area contributed by atoms with E-state index in [0.29, 0.717) is 12.1 Å². The zero-order chi connectivity index (χ0) is 14.4. The lowest BCUT2D eigenvalue weighted by atomic mass is 10.2. The summed E-state index contributed by atoms with van der Waals surface area (Å²) in [5.41, 5.74) is 0.716. The summed E-state index contributed by atoms with van der Waals surface area (Å²) in [7, 11) is 1.64. The van der Waals surface area contributed by atoms with E-state index in [9.17, 15) is 9.59 Å². The first kappa shape index (κ1) is 15.9. The molecule has 2 N–H and O–H groups in total. The standard InChI is InChI=1S/C13H17IN2O3/c1-3-11(13(18)19)16(2)8-12(17)15-10-6-4-5-9(14)7-10/h4-7,11H,3,8H2,1-2H3,(H,15,17)(H,18,19). The SMILES string of the molecule is CCC(C(=O)O)N(C)CC(=O)Nc1cccc(I)c1. The molecule has 0 saturated carbocycles. The Hall–Kier alpha value is -1.15. The van der Waals surface area contributed by atoms with Crippen LogP contribution >= 0.6 is 22.6 Å². The molecule has 0 heterocycles. The number of rotatable bonds is 6. The van der Waals surface area contributed by atoms with Crippen LogP contribution in [-0.4, -0.2) is 41.5 Å². The van der Waals surface area contributed by atoms with Crippen molar-refractivity contribution in [3.63, 3.8) is 0 Å². The van der Waals surface area contributed by atoms with Crippen LogP contribution in [0.2, 0.25) is 0 Å². The Bertz CT molecular complexity index is 465. The zero-order valence-corrected chi connectivity index (χ0v) is 13.0. The van der Waals surface area contributed by atoms with Gasteiger partial charge in [-0.3, -0.25) is 14.5 Å². The number of aliphatic carboxylic acids is 1. The smallest absolute Gasteiger partial charge is 0.320 e. The maximum atomic E-state index is 11.8. The summed E-state index contributed by atoms with van der Waals surface area (Å²) < 4.78 is 1.03. The molecule has 1 amide bonds. The average molecular weight is 376 g/mol. The highest BCUT2D eigenvalue weighted by Crippen LogP contribution is 2.12. The number of likely N-dealkylation sites (N-methyl/N-ethyl adjacent to an activating group) is 1. The molecule has 1 aromatic rings. The van der Waals surface area contributed by atoms with E-state index in [-0.39, 0.29) is 12.5 Å². The molecule has 0 spiro atoms. The Kier molecular flexibility index (Phi) is 6.23. The molecule has 19 heavy (non-hydrogen) atoms. The largest absolute Gasteiger partial charge is 0.480 e. The second-order valence-corrected chi connectivity index (χ2v) is 5.48. The van der Waals surface area contributed by atoms with E-state index >= 15 is 0 Å². The topological polar surface area (TPSA) is 69.6 Å². The van der Waals surface area contributed by atoms with Crippen LogP contribution in [0.25, 0.3) is 0 Å². The van der Waals surface area contributed by atoms with Crippen LogP contribution in [0, 0.1) is 3.57 Å². The lowest BCUT2D eigenvalue weighted by molar-refractivity contribution is -0.143. The number of benzene rings is 1. The number of anilines is 1. The van der Waals surface area contributed by atoms with Crippen molar-refractivity contribution in [2.45, 2.75) is 19.4 Å². The zero-order valence-electron chi connectivity index (χ0n) is 10.9. The highest BCUT2D eigenvalue weighted by molar-refractivity contribution is 14.1. The predicted molar refractivity (Wildman–Crippen MR) is 82.1 cm³/mol. The van der Waals surface area contributed by atoms with Gasteiger partial charge in [0.1, 0.15) is 6.04 Å². The molecule has 0 radical (unpaired) electrons. The van der Waals surface area contributed by atoms with Crippen LogP contribution < -0.4 is 5.32 Å². The number of carboxylic acid groups (broad SMARTS) is 1. The third kappa shape index (κ3) is 5.15. The first-order valence-electron chi connectivity index (χ1n) is 5.92. The molecule has 0 aliphatic rings. The highest BCUT2D eigenvalue weighted by Gasteiger charge is 2.22. The average Bonchev–Trinajstić information content (AvgIpc) is 2.28. The van der Waals surface area contributed by atoms with Crippen LogP contribution in [0.1, 0.15) is 13.3 Å². The molecular weight excluding hydrogens is 359 g/mol. The number of carboxylic acids is 1. The number of amides is 1. The van der Waals surface area contributed by atoms with E-state index in [2.05, 4.69) is 27.9 Å². The molecule has 0 aromatic heterocycles. The molecular formula is C13H17IN2O3. The Labute approximate surface area is 126 Å². The number of nitrogens with zero attached hydrogens (tertiary/aromatic N) is 1. The maximum absolute atomic E-state index is 11.8. The van der Waals surface area contributed by atoms with Crippen molar-refractivity contribution in [1.82, 2.24) is 4.90 Å². The van der Waals surface area contributed by atoms with Crippen LogP contribution in [0.5, 0.6) is 0 Å². The van der Waals surface area contributed by atoms with Crippen LogP contribution in [-0.2, 0) is 9.59 Å². The molecule has 0 saturated heterocycles. The molecule has 1 atom stereocenters. The van der Waals surface area contributed by atoms with Gasteiger partial charge in [-0.15, -0.1) is 0 Å². The molecule has 0 bridgehead atoms. The van der Waals surface area contributed by atoms with Crippen molar-refractivity contribution >= 4 is 40.2 Å². The fourth-order valence-corrected chi connectivity index (χ4v) is 2.32. The minimum Gasteiger partial charge on any atom is -0.480 e. The van der Waals surface area contributed by atoms with E-state index in [4.69, 9.17) is 5.11 Å². The molecule has 0 aliphatic carbocycles. The van der Waals surface area contributed by atoms with Crippen LogP contribution in [0.3, 0.4) is 0 Å². The molecule has 0 aliphatic heterocycles. The van der Waals surface area contributed by atoms with Gasteiger partial charge in [0.2, 0.25) is 5.91 Å². The number of carbonyl (C=O) groups is 2. The lowest BCUT2D eigenvalue weighted by Crippen LogP contribution is -2.42. The summed E-state index contributed by atoms with van der Waals surface area (Å²) in [5, 5.41) is 11.8. The van der Waals surface area contributed by atoms with Gasteiger partial charge in [0.25, 0.3) is 0 Å². The summed E-state index contributed by atoms with van der Waals surface area (Å²) in [4.78, 5) is 24.3. The second-order valence-electron chi connectivity index (χ2n) is 4.24. The molecule has 104 valence electrons. The van der Waals surface area contributed by atoms with Crippen LogP contribution in [0.15, 0.2) is 24.3 Å². The van der Waals surface area contributed by atoms with E-state index in [1.165, 1.54) is 4.90 Å². The van der Waals surface area contributed by atoms with Gasteiger partial charge < -0.3 is 10.4 Å². The van der Waals surface area contributed by atoms with Gasteiger partial charge in [-0.1, -0.05) is 13.0 Å². The van der Waals surface area contributed by atoms with Crippen molar-refractivity contribution in [3.05, 3.63) is 27.8 Å². The Morgan fingerprint density at radius 3 is 2.68 bits per heavy atom. The maximum Gasteiger partial charge on any atom is 0.320 e. The normalized spacial score (nSPS) is 12.2. The predicted octanol–water partition coefficient (Wildman–Crippen LogP) is 2.02. The number of hydrogen-bond acceptors (Lipinski definition) is 3. The Morgan fingerprint density at radius 1 is 1.47 bits per heavy atom. The van der Waals surface area contributed by atoms with Crippen molar-refractivity contribution in [2.24, 2.45) is 0 Å². The summed E-state index contributed by atoms with van der Waals surface area (Å²) in [6, 6.07) is 6.80. The molecule has 1 unspecified atom stereocenters. The Balaban J connectivity index is 2.58. The Morgan fingerprint density at radius 2 is 2.16 bits per heavy atom. The minimum absolute atomic E-state index is 0.0519. The molecule has 6 heteroatoms. The molecule has 1 rings (SSSR count). The third-order valence-electron chi connectivity index (χ3n) is 2.71. The minimum atomic E-state index is -0.910. The van der Waals surface area contributed by atoms with Crippen molar-refractivity contribution in [2.75, 3.05) is 18.9 Å². The summed E-state index contributed by atoms with van der Waals surface area (Å²) in [6.45, 7) is 1.84. The number of halogens is 1. The number of carbonyl (C=O) groups excluding carboxylic acids is 1. The highest BCUT2D eigenvalue weighted by atomic mass is 127. The van der Waals surface area contributed by atoms with Crippen LogP contribution in [0.4, 0.5) is 5.69 Å². The summed E-state index contributed by atoms with van der Waals surface area (Å²) in [5.74, 6) is -1.13. The lowest BCUT2D eigenvalue weighted by Gasteiger charge is -2.22. The van der Waals surface area contributed by atoms with Gasteiger partial charge in [-0.05, 0) is 54.3 Å². The summed E-state index contributed by atoms with van der Waals surface area (Å²) >= 11 is 2.16. The van der Waals surface area contributed by atoms with E-state index in [1.54, 1.807) is 20.0 Å². The first-order chi connectivity index (χ1) is 8.93. The van der Waals surface area contributed by atoms with Gasteiger partial charge in [0.05, 0.1) is 6.54 Å². The third-order valence-corrected chi connectivity index (χ3v) is 3.38. The second kappa shape index (κ2) is 7.44. The molecule has 5 nitrogen and oxygen atoms in total. The fourth-order valence-electron chi connectivity index (χ4n) is 1.78. The number of nitrogens with one attached hydrogen (secondary N) is 1. The molecule has 0 fully saturated rings. The quantitative estimate of drug-likeness (QED) is 0.746. The summed E-state index contributed by atoms with van der Waals surface area (Å²) in [6.07, 6.45) is 0.461. The van der Waals surface area contributed by atoms with Gasteiger partial charge in [-0.2, -0.15) is 0 Å². The molecule has 1 aromatic carbocycles. The van der Waals surface area contributed by atoms with Crippen molar-refractivity contribution in [1.29, 1.82) is 0 Å². The van der Waals surface area contributed by atoms with Gasteiger partial charge >= 0.3 is 5.97 Å². The van der Waals surface area contributed by atoms with E-state index in [0.717, 1.165) is 3.57 Å². The van der Waals surface area contributed by atoms with Gasteiger partial charge in [0, 0.05) is 9.26 Å². The first-order valence-corrected chi connectivity index (χ1v) is 7.00. The fraction of sp³-hybridized carbons (Fsp3) is 0.385. The van der Waals surface area contributed by atoms with E-state index in [1.807, 2.05) is 18.2 Å².